The number of hydrogen-bond donors (Lipinski definition) is 0. The van der Waals surface area contributed by atoms with E-state index in [2.05, 4.69) is 0 Å². The van der Waals surface area contributed by atoms with E-state index in [0.29, 0.717) is 6.42 Å². The van der Waals surface area contributed by atoms with Crippen molar-refractivity contribution in [1.29, 1.82) is 0 Å². The predicted octanol–water partition coefficient (Wildman–Crippen LogP) is 1.57. The summed E-state index contributed by atoms with van der Waals surface area (Å²) in [5.41, 5.74) is -5.25. The van der Waals surface area contributed by atoms with Crippen molar-refractivity contribution in [2.45, 2.75) is 11.9 Å². The molecule has 0 amide bonds. The highest BCUT2D eigenvalue weighted by Crippen LogP contribution is 2.28. The van der Waals surface area contributed by atoms with Gasteiger partial charge in [-0.3, -0.25) is 0 Å². The standard InChI is InChI=1S/C6H6F3NO2S/c7-6(8,9)13(11,12)10-4-2-1-3-5-10/h2-5H,1H2. The lowest BCUT2D eigenvalue weighted by atomic mass is 10.4. The molecule has 0 N–H and O–H groups in total. The Balaban J connectivity index is 3.01. The van der Waals surface area contributed by atoms with E-state index in [1.54, 1.807) is 0 Å². The summed E-state index contributed by atoms with van der Waals surface area (Å²) in [4.78, 5) is 0. The summed E-state index contributed by atoms with van der Waals surface area (Å²) in [5.74, 6) is 0. The maximum absolute atomic E-state index is 11.9. The van der Waals surface area contributed by atoms with Crippen LogP contribution in [0.1, 0.15) is 6.42 Å². The second-order valence-corrected chi connectivity index (χ2v) is 4.12. The number of halogens is 3. The van der Waals surface area contributed by atoms with Gasteiger partial charge in [0.15, 0.2) is 0 Å². The highest BCUT2D eigenvalue weighted by atomic mass is 32.2. The molecule has 1 aliphatic heterocycles. The van der Waals surface area contributed by atoms with Gasteiger partial charge in [-0.25, -0.2) is 4.31 Å². The van der Waals surface area contributed by atoms with Gasteiger partial charge in [0.05, 0.1) is 0 Å². The van der Waals surface area contributed by atoms with E-state index >= 15 is 0 Å². The highest BCUT2D eigenvalue weighted by molar-refractivity contribution is 7.90. The van der Waals surface area contributed by atoms with Gasteiger partial charge in [0.25, 0.3) is 0 Å². The average molecular weight is 213 g/mol. The summed E-state index contributed by atoms with van der Waals surface area (Å²) >= 11 is 0. The minimum absolute atomic E-state index is 0.149. The molecule has 0 aromatic heterocycles. The highest BCUT2D eigenvalue weighted by Gasteiger charge is 2.48. The lowest BCUT2D eigenvalue weighted by molar-refractivity contribution is -0.0468. The van der Waals surface area contributed by atoms with Crippen molar-refractivity contribution in [2.75, 3.05) is 0 Å². The number of allylic oxidation sites excluding steroid dienone is 2. The van der Waals surface area contributed by atoms with Crippen LogP contribution in [0.15, 0.2) is 24.6 Å². The van der Waals surface area contributed by atoms with Crippen LogP contribution in [0, 0.1) is 0 Å². The lowest BCUT2D eigenvalue weighted by Gasteiger charge is -2.19. The molecule has 7 heteroatoms. The zero-order valence-electron chi connectivity index (χ0n) is 6.32. The van der Waals surface area contributed by atoms with Crippen molar-refractivity contribution in [1.82, 2.24) is 4.31 Å². The quantitative estimate of drug-likeness (QED) is 0.663. The molecule has 0 saturated heterocycles. The first-order valence-electron chi connectivity index (χ1n) is 3.29. The third kappa shape index (κ3) is 1.85. The van der Waals surface area contributed by atoms with Crippen LogP contribution in [0.5, 0.6) is 0 Å². The minimum Gasteiger partial charge on any atom is -0.246 e. The van der Waals surface area contributed by atoms with Crippen LogP contribution >= 0.6 is 0 Å². The second-order valence-electron chi connectivity index (χ2n) is 2.29. The van der Waals surface area contributed by atoms with Crippen molar-refractivity contribution in [3.8, 4) is 0 Å². The summed E-state index contributed by atoms with van der Waals surface area (Å²) in [5, 5.41) is 0. The largest absolute Gasteiger partial charge is 0.517 e. The number of sulfonamides is 1. The van der Waals surface area contributed by atoms with E-state index in [1.165, 1.54) is 12.2 Å². The average Bonchev–Trinajstić information content (AvgIpc) is 2.04. The number of hydrogen-bond acceptors (Lipinski definition) is 2. The summed E-state index contributed by atoms with van der Waals surface area (Å²) in [6, 6.07) is 0. The predicted molar refractivity (Wildman–Crippen MR) is 39.7 cm³/mol. The molecule has 0 spiro atoms. The second kappa shape index (κ2) is 3.06. The van der Waals surface area contributed by atoms with Gasteiger partial charge >= 0.3 is 15.5 Å². The molecular formula is C6H6F3NO2S. The van der Waals surface area contributed by atoms with Crippen molar-refractivity contribution in [2.24, 2.45) is 0 Å². The Morgan fingerprint density at radius 3 is 2.00 bits per heavy atom. The van der Waals surface area contributed by atoms with Crippen molar-refractivity contribution < 1.29 is 21.6 Å². The number of rotatable bonds is 1. The monoisotopic (exact) mass is 213 g/mol. The molecule has 1 aliphatic rings. The van der Waals surface area contributed by atoms with Gasteiger partial charge in [-0.15, -0.1) is 0 Å². The molecule has 74 valence electrons. The molecule has 1 rings (SSSR count). The molecule has 0 aromatic carbocycles. The SMILES string of the molecule is O=S(=O)(N1C=CCC=C1)C(F)(F)F. The maximum atomic E-state index is 11.9. The Hall–Kier alpha value is -0.980. The molecule has 0 atom stereocenters. The Morgan fingerprint density at radius 2 is 1.62 bits per heavy atom. The van der Waals surface area contributed by atoms with Gasteiger partial charge < -0.3 is 0 Å². The Morgan fingerprint density at radius 1 is 1.15 bits per heavy atom. The van der Waals surface area contributed by atoms with Gasteiger partial charge in [-0.2, -0.15) is 21.6 Å². The fourth-order valence-corrected chi connectivity index (χ4v) is 1.47. The van der Waals surface area contributed by atoms with Crippen LogP contribution in [-0.4, -0.2) is 18.2 Å². The third-order valence-corrected chi connectivity index (χ3v) is 2.73. The van der Waals surface area contributed by atoms with E-state index in [-0.39, 0.29) is 4.31 Å². The van der Waals surface area contributed by atoms with E-state index in [9.17, 15) is 21.6 Å². The Bertz CT molecular complexity index is 329. The summed E-state index contributed by atoms with van der Waals surface area (Å²) in [6.45, 7) is 0. The zero-order chi connectivity index (χ0) is 10.1. The smallest absolute Gasteiger partial charge is 0.246 e. The molecule has 1 heterocycles. The fraction of sp³-hybridized carbons (Fsp3) is 0.333. The topological polar surface area (TPSA) is 37.4 Å². The van der Waals surface area contributed by atoms with Crippen LogP contribution in [0.4, 0.5) is 13.2 Å². The maximum Gasteiger partial charge on any atom is 0.517 e. The summed E-state index contributed by atoms with van der Waals surface area (Å²) < 4.78 is 57.3. The molecule has 0 saturated carbocycles. The first kappa shape index (κ1) is 10.1. The van der Waals surface area contributed by atoms with Crippen molar-refractivity contribution in [3.05, 3.63) is 24.6 Å². The van der Waals surface area contributed by atoms with Gasteiger partial charge in [0.1, 0.15) is 0 Å². The molecule has 3 nitrogen and oxygen atoms in total. The van der Waals surface area contributed by atoms with Crippen LogP contribution in [0.3, 0.4) is 0 Å². The van der Waals surface area contributed by atoms with Gasteiger partial charge in [0.2, 0.25) is 0 Å². The van der Waals surface area contributed by atoms with Crippen molar-refractivity contribution >= 4 is 10.0 Å². The molecule has 0 aromatic rings. The summed E-state index contributed by atoms with van der Waals surface area (Å²) in [6.07, 6.45) is 4.84. The van der Waals surface area contributed by atoms with Gasteiger partial charge in [-0.05, 0) is 6.42 Å². The van der Waals surface area contributed by atoms with Crippen molar-refractivity contribution in [3.63, 3.8) is 0 Å². The third-order valence-electron chi connectivity index (χ3n) is 1.35. The zero-order valence-corrected chi connectivity index (χ0v) is 7.14. The van der Waals surface area contributed by atoms with E-state index in [0.717, 1.165) is 12.4 Å². The Labute approximate surface area is 73.2 Å². The van der Waals surface area contributed by atoms with Crippen LogP contribution < -0.4 is 0 Å². The normalized spacial score (nSPS) is 17.9. The number of nitrogens with zero attached hydrogens (tertiary/aromatic N) is 1. The van der Waals surface area contributed by atoms with E-state index in [1.807, 2.05) is 0 Å². The Kier molecular flexibility index (Phi) is 2.38. The first-order valence-corrected chi connectivity index (χ1v) is 4.73. The van der Waals surface area contributed by atoms with E-state index in [4.69, 9.17) is 0 Å². The molecule has 0 unspecified atom stereocenters. The molecule has 0 fully saturated rings. The molecular weight excluding hydrogens is 207 g/mol. The van der Waals surface area contributed by atoms with E-state index < -0.39 is 15.5 Å². The fourth-order valence-electron chi connectivity index (χ4n) is 0.738. The van der Waals surface area contributed by atoms with Gasteiger partial charge in [-0.1, -0.05) is 12.2 Å². The molecule has 0 radical (unpaired) electrons. The minimum atomic E-state index is -5.25. The number of alkyl halides is 3. The molecule has 13 heavy (non-hydrogen) atoms. The van der Waals surface area contributed by atoms with Crippen LogP contribution in [-0.2, 0) is 10.0 Å². The molecule has 0 bridgehead atoms. The van der Waals surface area contributed by atoms with Gasteiger partial charge in [0, 0.05) is 12.4 Å². The first-order chi connectivity index (χ1) is 5.86. The molecule has 0 aliphatic carbocycles. The summed E-state index contributed by atoms with van der Waals surface area (Å²) in [7, 11) is -5.24. The lowest BCUT2D eigenvalue weighted by Crippen LogP contribution is -2.34. The van der Waals surface area contributed by atoms with Crippen LogP contribution in [0.2, 0.25) is 0 Å². The van der Waals surface area contributed by atoms with Crippen LogP contribution in [0.25, 0.3) is 0 Å².